The summed E-state index contributed by atoms with van der Waals surface area (Å²) in [5, 5.41) is 8.85. The van der Waals surface area contributed by atoms with Crippen LogP contribution in [0.25, 0.3) is 11.1 Å². The van der Waals surface area contributed by atoms with E-state index in [0.29, 0.717) is 16.8 Å². The Hall–Kier alpha value is -1.89. The molecule has 98 valence electrons. The van der Waals surface area contributed by atoms with Crippen molar-refractivity contribution in [2.45, 2.75) is 6.43 Å². The van der Waals surface area contributed by atoms with Crippen LogP contribution in [-0.2, 0) is 0 Å². The maximum absolute atomic E-state index is 12.4. The van der Waals surface area contributed by atoms with Gasteiger partial charge in [-0.25, -0.2) is 8.78 Å². The summed E-state index contributed by atoms with van der Waals surface area (Å²) < 4.78 is 30.2. The lowest BCUT2D eigenvalue weighted by Gasteiger charge is -2.18. The second kappa shape index (κ2) is 5.18. The van der Waals surface area contributed by atoms with Crippen molar-refractivity contribution in [2.75, 3.05) is 30.3 Å². The highest BCUT2D eigenvalue weighted by Gasteiger charge is 2.17. The Morgan fingerprint density at radius 2 is 2.22 bits per heavy atom. The van der Waals surface area contributed by atoms with E-state index < -0.39 is 13.0 Å². The molecule has 0 amide bonds. The largest absolute Gasteiger partial charge is 0.423 e. The van der Waals surface area contributed by atoms with Gasteiger partial charge in [0.05, 0.1) is 13.2 Å². The minimum atomic E-state index is -2.53. The number of aromatic nitrogens is 1. The van der Waals surface area contributed by atoms with E-state index in [9.17, 15) is 8.78 Å². The number of anilines is 2. The molecule has 5 nitrogen and oxygen atoms in total. The molecule has 7 heteroatoms. The van der Waals surface area contributed by atoms with Gasteiger partial charge in [-0.1, -0.05) is 0 Å². The topological polar surface area (TPSA) is 75.5 Å². The van der Waals surface area contributed by atoms with Gasteiger partial charge < -0.3 is 20.2 Å². The fraction of sp³-hybridized carbons (Fsp3) is 0.364. The summed E-state index contributed by atoms with van der Waals surface area (Å²) in [5.74, 6) is 0. The highest BCUT2D eigenvalue weighted by atomic mass is 19.3. The molecule has 0 bridgehead atoms. The molecule has 0 saturated carbocycles. The zero-order chi connectivity index (χ0) is 13.1. The standard InChI is InChI=1S/C11H13F2N3O2/c12-10(13)6-16(3-4-17)11-15-8-2-1-7(14)5-9(8)18-11/h1-2,5,10,17H,3-4,6,14H2. The van der Waals surface area contributed by atoms with Crippen molar-refractivity contribution in [1.29, 1.82) is 0 Å². The van der Waals surface area contributed by atoms with Crippen molar-refractivity contribution >= 4 is 22.8 Å². The van der Waals surface area contributed by atoms with E-state index in [1.54, 1.807) is 18.2 Å². The first-order chi connectivity index (χ1) is 8.60. The van der Waals surface area contributed by atoms with Crippen LogP contribution in [0.15, 0.2) is 22.6 Å². The first-order valence-electron chi connectivity index (χ1n) is 5.40. The predicted molar refractivity (Wildman–Crippen MR) is 63.7 cm³/mol. The third-order valence-corrected chi connectivity index (χ3v) is 2.40. The van der Waals surface area contributed by atoms with Crippen LogP contribution in [0.2, 0.25) is 0 Å². The van der Waals surface area contributed by atoms with Gasteiger partial charge in [-0.15, -0.1) is 0 Å². The number of hydrogen-bond donors (Lipinski definition) is 2. The summed E-state index contributed by atoms with van der Waals surface area (Å²) in [5.41, 5.74) is 7.07. The van der Waals surface area contributed by atoms with Crippen LogP contribution in [0.3, 0.4) is 0 Å². The zero-order valence-corrected chi connectivity index (χ0v) is 9.51. The summed E-state index contributed by atoms with van der Waals surface area (Å²) in [4.78, 5) is 5.28. The number of halogens is 2. The van der Waals surface area contributed by atoms with E-state index in [2.05, 4.69) is 4.98 Å². The van der Waals surface area contributed by atoms with Crippen LogP contribution in [0, 0.1) is 0 Å². The Morgan fingerprint density at radius 1 is 1.44 bits per heavy atom. The average Bonchev–Trinajstić information content (AvgIpc) is 2.70. The summed E-state index contributed by atoms with van der Waals surface area (Å²) in [6.45, 7) is -0.761. The number of aliphatic hydroxyl groups is 1. The van der Waals surface area contributed by atoms with Crippen molar-refractivity contribution in [3.63, 3.8) is 0 Å². The lowest BCUT2D eigenvalue weighted by molar-refractivity contribution is 0.151. The molecule has 1 aromatic heterocycles. The number of alkyl halides is 2. The van der Waals surface area contributed by atoms with E-state index in [-0.39, 0.29) is 19.2 Å². The van der Waals surface area contributed by atoms with Gasteiger partial charge in [-0.05, 0) is 12.1 Å². The van der Waals surface area contributed by atoms with Crippen LogP contribution < -0.4 is 10.6 Å². The molecule has 1 heterocycles. The van der Waals surface area contributed by atoms with E-state index in [1.807, 2.05) is 0 Å². The smallest absolute Gasteiger partial charge is 0.298 e. The molecular weight excluding hydrogens is 244 g/mol. The molecule has 2 aromatic rings. The van der Waals surface area contributed by atoms with Gasteiger partial charge in [0.15, 0.2) is 5.58 Å². The Bertz CT molecular complexity index is 530. The number of nitrogen functional groups attached to an aromatic ring is 1. The van der Waals surface area contributed by atoms with E-state index in [0.717, 1.165) is 0 Å². The molecule has 3 N–H and O–H groups in total. The van der Waals surface area contributed by atoms with Gasteiger partial charge in [-0.2, -0.15) is 4.98 Å². The normalized spacial score (nSPS) is 11.3. The molecular formula is C11H13F2N3O2. The molecule has 0 radical (unpaired) electrons. The summed E-state index contributed by atoms with van der Waals surface area (Å²) >= 11 is 0. The van der Waals surface area contributed by atoms with Gasteiger partial charge in [-0.3, -0.25) is 0 Å². The Labute approximate surface area is 102 Å². The first kappa shape index (κ1) is 12.6. The molecule has 0 fully saturated rings. The molecule has 1 aromatic carbocycles. The van der Waals surface area contributed by atoms with Crippen LogP contribution in [-0.4, -0.2) is 36.2 Å². The first-order valence-corrected chi connectivity index (χ1v) is 5.40. The molecule has 0 atom stereocenters. The maximum atomic E-state index is 12.4. The lowest BCUT2D eigenvalue weighted by atomic mass is 10.3. The Morgan fingerprint density at radius 3 is 2.89 bits per heavy atom. The molecule has 0 saturated heterocycles. The van der Waals surface area contributed by atoms with Gasteiger partial charge >= 0.3 is 0 Å². The Balaban J connectivity index is 2.31. The molecule has 0 unspecified atom stereocenters. The number of benzene rings is 1. The number of hydrogen-bond acceptors (Lipinski definition) is 5. The quantitative estimate of drug-likeness (QED) is 0.793. The number of fused-ring (bicyclic) bond motifs is 1. The van der Waals surface area contributed by atoms with Crippen LogP contribution in [0.4, 0.5) is 20.5 Å². The van der Waals surface area contributed by atoms with Gasteiger partial charge in [0.2, 0.25) is 0 Å². The van der Waals surface area contributed by atoms with Gasteiger partial charge in [0, 0.05) is 18.3 Å². The molecule has 0 spiro atoms. The summed E-state index contributed by atoms with van der Waals surface area (Å²) in [7, 11) is 0. The molecule has 0 aliphatic rings. The highest BCUT2D eigenvalue weighted by molar-refractivity contribution is 5.78. The maximum Gasteiger partial charge on any atom is 0.298 e. The van der Waals surface area contributed by atoms with Crippen molar-refractivity contribution in [2.24, 2.45) is 0 Å². The van der Waals surface area contributed by atoms with E-state index >= 15 is 0 Å². The van der Waals surface area contributed by atoms with Gasteiger partial charge in [0.1, 0.15) is 5.52 Å². The van der Waals surface area contributed by atoms with Crippen LogP contribution in [0.1, 0.15) is 0 Å². The molecule has 0 aliphatic carbocycles. The van der Waals surface area contributed by atoms with E-state index in [4.69, 9.17) is 15.3 Å². The van der Waals surface area contributed by atoms with E-state index in [1.165, 1.54) is 4.90 Å². The summed E-state index contributed by atoms with van der Waals surface area (Å²) in [6, 6.07) is 4.94. The number of aliphatic hydroxyl groups excluding tert-OH is 1. The second-order valence-corrected chi connectivity index (χ2v) is 3.78. The predicted octanol–water partition coefficient (Wildman–Crippen LogP) is 1.47. The fourth-order valence-electron chi connectivity index (χ4n) is 1.62. The molecule has 18 heavy (non-hydrogen) atoms. The second-order valence-electron chi connectivity index (χ2n) is 3.78. The third-order valence-electron chi connectivity index (χ3n) is 2.40. The monoisotopic (exact) mass is 257 g/mol. The van der Waals surface area contributed by atoms with Gasteiger partial charge in [0.25, 0.3) is 12.4 Å². The molecule has 0 aliphatic heterocycles. The third kappa shape index (κ3) is 2.67. The van der Waals surface area contributed by atoms with Crippen LogP contribution in [0.5, 0.6) is 0 Å². The lowest BCUT2D eigenvalue weighted by Crippen LogP contribution is -2.31. The highest BCUT2D eigenvalue weighted by Crippen LogP contribution is 2.24. The summed E-state index contributed by atoms with van der Waals surface area (Å²) in [6.07, 6.45) is -2.53. The number of nitrogens with two attached hydrogens (primary N) is 1. The van der Waals surface area contributed by atoms with Crippen molar-refractivity contribution in [3.05, 3.63) is 18.2 Å². The number of rotatable bonds is 5. The average molecular weight is 257 g/mol. The minimum absolute atomic E-state index is 0.0344. The minimum Gasteiger partial charge on any atom is -0.423 e. The van der Waals surface area contributed by atoms with Crippen molar-refractivity contribution in [1.82, 2.24) is 4.98 Å². The zero-order valence-electron chi connectivity index (χ0n) is 9.51. The SMILES string of the molecule is Nc1ccc2nc(N(CCO)CC(F)F)oc2c1. The van der Waals surface area contributed by atoms with Crippen LogP contribution >= 0.6 is 0 Å². The number of oxazole rings is 1. The van der Waals surface area contributed by atoms with Crippen molar-refractivity contribution < 1.29 is 18.3 Å². The fourth-order valence-corrected chi connectivity index (χ4v) is 1.62. The van der Waals surface area contributed by atoms with Crippen molar-refractivity contribution in [3.8, 4) is 0 Å². The number of nitrogens with zero attached hydrogens (tertiary/aromatic N) is 2. The molecule has 2 rings (SSSR count). The Kier molecular flexibility index (Phi) is 3.61.